The van der Waals surface area contributed by atoms with Crippen LogP contribution in [0.25, 0.3) is 0 Å². The minimum atomic E-state index is -0.764. The van der Waals surface area contributed by atoms with Crippen molar-refractivity contribution in [2.45, 2.75) is 19.3 Å². The fourth-order valence-electron chi connectivity index (χ4n) is 2.75. The van der Waals surface area contributed by atoms with Crippen molar-refractivity contribution in [3.63, 3.8) is 0 Å². The molecule has 0 radical (unpaired) electrons. The molecule has 0 aromatic heterocycles. The van der Waals surface area contributed by atoms with Crippen molar-refractivity contribution in [1.82, 2.24) is 0 Å². The molecule has 2 aromatic carbocycles. The third kappa shape index (κ3) is 4.33. The molecule has 1 aliphatic heterocycles. The highest BCUT2D eigenvalue weighted by molar-refractivity contribution is 6.01. The van der Waals surface area contributed by atoms with Gasteiger partial charge in [0, 0.05) is 17.8 Å². The number of phenols is 1. The van der Waals surface area contributed by atoms with E-state index in [-0.39, 0.29) is 17.2 Å². The van der Waals surface area contributed by atoms with E-state index < -0.39 is 11.9 Å². The van der Waals surface area contributed by atoms with Crippen LogP contribution in [0.3, 0.4) is 0 Å². The van der Waals surface area contributed by atoms with E-state index >= 15 is 0 Å². The second-order valence-electron chi connectivity index (χ2n) is 6.04. The molecular formula is C20H18N2O5. The summed E-state index contributed by atoms with van der Waals surface area (Å²) in [6.45, 7) is 3.35. The van der Waals surface area contributed by atoms with Crippen molar-refractivity contribution < 1.29 is 24.2 Å². The minimum absolute atomic E-state index is 0.0400. The SMILES string of the molecule is C=CC(=O)Nc1ccc(O)c(C(=O)Oc2ccc3c(c2)CCCC(=O)N3)c1. The van der Waals surface area contributed by atoms with Gasteiger partial charge in [-0.15, -0.1) is 0 Å². The molecule has 27 heavy (non-hydrogen) atoms. The van der Waals surface area contributed by atoms with Gasteiger partial charge in [0.15, 0.2) is 0 Å². The van der Waals surface area contributed by atoms with Crippen molar-refractivity contribution >= 4 is 29.2 Å². The van der Waals surface area contributed by atoms with Crippen molar-refractivity contribution in [2.24, 2.45) is 0 Å². The van der Waals surface area contributed by atoms with Gasteiger partial charge in [-0.25, -0.2) is 4.79 Å². The molecule has 138 valence electrons. The fourth-order valence-corrected chi connectivity index (χ4v) is 2.75. The number of amides is 2. The molecule has 0 unspecified atom stereocenters. The Balaban J connectivity index is 1.80. The Morgan fingerprint density at radius 1 is 1.19 bits per heavy atom. The number of aryl methyl sites for hydroxylation is 1. The van der Waals surface area contributed by atoms with Gasteiger partial charge in [0.2, 0.25) is 11.8 Å². The van der Waals surface area contributed by atoms with Crippen molar-refractivity contribution in [1.29, 1.82) is 0 Å². The van der Waals surface area contributed by atoms with Crippen LogP contribution in [0.1, 0.15) is 28.8 Å². The first-order chi connectivity index (χ1) is 13.0. The van der Waals surface area contributed by atoms with Crippen molar-refractivity contribution in [3.8, 4) is 11.5 Å². The Bertz CT molecular complexity index is 936. The summed E-state index contributed by atoms with van der Waals surface area (Å²) in [6.07, 6.45) is 2.94. The molecule has 2 amide bonds. The molecule has 7 heteroatoms. The molecule has 1 heterocycles. The number of benzene rings is 2. The van der Waals surface area contributed by atoms with Crippen LogP contribution in [0.2, 0.25) is 0 Å². The van der Waals surface area contributed by atoms with Gasteiger partial charge in [-0.05, 0) is 60.9 Å². The van der Waals surface area contributed by atoms with E-state index in [1.165, 1.54) is 18.2 Å². The lowest BCUT2D eigenvalue weighted by molar-refractivity contribution is -0.116. The maximum atomic E-state index is 12.4. The highest BCUT2D eigenvalue weighted by Gasteiger charge is 2.17. The molecule has 0 fully saturated rings. The van der Waals surface area contributed by atoms with E-state index in [1.54, 1.807) is 18.2 Å². The highest BCUT2D eigenvalue weighted by atomic mass is 16.5. The van der Waals surface area contributed by atoms with Gasteiger partial charge in [0.25, 0.3) is 0 Å². The van der Waals surface area contributed by atoms with Crippen LogP contribution in [0, 0.1) is 0 Å². The lowest BCUT2D eigenvalue weighted by Gasteiger charge is -2.11. The number of nitrogens with one attached hydrogen (secondary N) is 2. The average Bonchev–Trinajstić information content (AvgIpc) is 2.83. The molecule has 0 saturated carbocycles. The summed E-state index contributed by atoms with van der Waals surface area (Å²) < 4.78 is 5.36. The minimum Gasteiger partial charge on any atom is -0.507 e. The van der Waals surface area contributed by atoms with E-state index in [4.69, 9.17) is 4.74 Å². The first-order valence-corrected chi connectivity index (χ1v) is 8.37. The van der Waals surface area contributed by atoms with E-state index in [0.29, 0.717) is 36.4 Å². The number of fused-ring (bicyclic) bond motifs is 1. The number of hydrogen-bond donors (Lipinski definition) is 3. The first kappa shape index (κ1) is 18.2. The zero-order valence-electron chi connectivity index (χ0n) is 14.5. The molecule has 0 saturated heterocycles. The number of aromatic hydroxyl groups is 1. The molecule has 1 aliphatic rings. The van der Waals surface area contributed by atoms with Gasteiger partial charge >= 0.3 is 5.97 Å². The predicted octanol–water partition coefficient (Wildman–Crippen LogP) is 3.01. The lowest BCUT2D eigenvalue weighted by atomic mass is 10.1. The smallest absolute Gasteiger partial charge is 0.347 e. The number of phenolic OH excluding ortho intramolecular Hbond substituents is 1. The predicted molar refractivity (Wildman–Crippen MR) is 99.9 cm³/mol. The largest absolute Gasteiger partial charge is 0.507 e. The topological polar surface area (TPSA) is 105 Å². The molecule has 3 rings (SSSR count). The Morgan fingerprint density at radius 2 is 2.00 bits per heavy atom. The second kappa shape index (κ2) is 7.74. The van der Waals surface area contributed by atoms with E-state index in [0.717, 1.165) is 11.6 Å². The molecule has 2 aromatic rings. The second-order valence-corrected chi connectivity index (χ2v) is 6.04. The maximum Gasteiger partial charge on any atom is 0.347 e. The fraction of sp³-hybridized carbons (Fsp3) is 0.150. The molecule has 0 spiro atoms. The summed E-state index contributed by atoms with van der Waals surface area (Å²) in [5, 5.41) is 15.3. The van der Waals surface area contributed by atoms with Crippen molar-refractivity contribution in [3.05, 3.63) is 60.2 Å². The quantitative estimate of drug-likeness (QED) is 0.334. The molecule has 0 bridgehead atoms. The van der Waals surface area contributed by atoms with Crippen molar-refractivity contribution in [2.75, 3.05) is 10.6 Å². The number of carbonyl (C=O) groups is 3. The van der Waals surface area contributed by atoms with Crippen LogP contribution in [-0.4, -0.2) is 22.9 Å². The van der Waals surface area contributed by atoms with Crippen LogP contribution in [-0.2, 0) is 16.0 Å². The van der Waals surface area contributed by atoms with Crippen LogP contribution in [0.4, 0.5) is 11.4 Å². The highest BCUT2D eigenvalue weighted by Crippen LogP contribution is 2.28. The first-order valence-electron chi connectivity index (χ1n) is 8.37. The molecule has 0 atom stereocenters. The number of anilines is 2. The third-order valence-corrected chi connectivity index (χ3v) is 4.08. The Kier molecular flexibility index (Phi) is 5.21. The van der Waals surface area contributed by atoms with Gasteiger partial charge in [-0.3, -0.25) is 9.59 Å². The third-order valence-electron chi connectivity index (χ3n) is 4.08. The van der Waals surface area contributed by atoms with Crippen LogP contribution in [0.5, 0.6) is 11.5 Å². The number of rotatable bonds is 4. The molecule has 3 N–H and O–H groups in total. The van der Waals surface area contributed by atoms with E-state index in [2.05, 4.69) is 17.2 Å². The number of esters is 1. The van der Waals surface area contributed by atoms with Crippen LogP contribution in [0.15, 0.2) is 49.1 Å². The summed E-state index contributed by atoms with van der Waals surface area (Å²) in [6, 6.07) is 9.02. The van der Waals surface area contributed by atoms with Gasteiger partial charge in [0.1, 0.15) is 17.1 Å². The Labute approximate surface area is 155 Å². The molecule has 7 nitrogen and oxygen atoms in total. The summed E-state index contributed by atoms with van der Waals surface area (Å²) in [5.41, 5.74) is 1.83. The normalized spacial score (nSPS) is 13.0. The number of carbonyl (C=O) groups excluding carboxylic acids is 3. The van der Waals surface area contributed by atoms with Gasteiger partial charge in [-0.2, -0.15) is 0 Å². The summed E-state index contributed by atoms with van der Waals surface area (Å²) in [5.74, 6) is -1.21. The van der Waals surface area contributed by atoms with Crippen LogP contribution < -0.4 is 15.4 Å². The Hall–Kier alpha value is -3.61. The molecule has 0 aliphatic carbocycles. The summed E-state index contributed by atoms with van der Waals surface area (Å²) in [7, 11) is 0. The van der Waals surface area contributed by atoms with Crippen LogP contribution >= 0.6 is 0 Å². The maximum absolute atomic E-state index is 12.4. The number of ether oxygens (including phenoxy) is 1. The standard InChI is InChI=1S/C20H18N2O5/c1-2-18(24)21-13-6-9-17(23)15(11-13)20(26)27-14-7-8-16-12(10-14)4-3-5-19(25)22-16/h2,6-11,23H,1,3-5H2,(H,21,24)(H,22,25). The zero-order chi connectivity index (χ0) is 19.4. The van der Waals surface area contributed by atoms with Gasteiger partial charge in [-0.1, -0.05) is 6.58 Å². The zero-order valence-corrected chi connectivity index (χ0v) is 14.5. The van der Waals surface area contributed by atoms with E-state index in [9.17, 15) is 19.5 Å². The monoisotopic (exact) mass is 366 g/mol. The van der Waals surface area contributed by atoms with E-state index in [1.807, 2.05) is 0 Å². The lowest BCUT2D eigenvalue weighted by Crippen LogP contribution is -2.12. The number of hydrogen-bond acceptors (Lipinski definition) is 5. The summed E-state index contributed by atoms with van der Waals surface area (Å²) >= 11 is 0. The van der Waals surface area contributed by atoms with Gasteiger partial charge in [0.05, 0.1) is 0 Å². The van der Waals surface area contributed by atoms with Gasteiger partial charge < -0.3 is 20.5 Å². The Morgan fingerprint density at radius 3 is 2.78 bits per heavy atom. The summed E-state index contributed by atoms with van der Waals surface area (Å²) in [4.78, 5) is 35.4. The molecular weight excluding hydrogens is 348 g/mol. The average molecular weight is 366 g/mol.